The van der Waals surface area contributed by atoms with Gasteiger partial charge >= 0.3 is 0 Å². The Morgan fingerprint density at radius 2 is 2.33 bits per heavy atom. The molecule has 0 aliphatic heterocycles. The summed E-state index contributed by atoms with van der Waals surface area (Å²) in [5.74, 6) is 0. The van der Waals surface area contributed by atoms with Gasteiger partial charge in [-0.3, -0.25) is 0 Å². The summed E-state index contributed by atoms with van der Waals surface area (Å²) in [4.78, 5) is 0. The minimum atomic E-state index is 0.203. The highest BCUT2D eigenvalue weighted by Crippen LogP contribution is 2.35. The van der Waals surface area contributed by atoms with E-state index in [0.717, 1.165) is 6.42 Å². The third kappa shape index (κ3) is 2.51. The van der Waals surface area contributed by atoms with Crippen LogP contribution >= 0.6 is 0 Å². The van der Waals surface area contributed by atoms with Crippen LogP contribution < -0.4 is 0 Å². The summed E-state index contributed by atoms with van der Waals surface area (Å²) in [6, 6.07) is 0. The van der Waals surface area contributed by atoms with Crippen molar-refractivity contribution in [2.24, 2.45) is 5.41 Å². The second-order valence-electron chi connectivity index (χ2n) is 4.01. The predicted molar refractivity (Wildman–Crippen MR) is 54.8 cm³/mol. The maximum absolute atomic E-state index is 4.29. The lowest BCUT2D eigenvalue weighted by molar-refractivity contribution is 0.418. The monoisotopic (exact) mass is 163 g/mol. The first-order chi connectivity index (χ1) is 5.66. The van der Waals surface area contributed by atoms with Crippen LogP contribution in [0.5, 0.6) is 0 Å². The lowest BCUT2D eigenvalue weighted by Gasteiger charge is -2.28. The lowest BCUT2D eigenvalue weighted by Crippen LogP contribution is -2.15. The number of rotatable bonds is 3. The van der Waals surface area contributed by atoms with E-state index < -0.39 is 0 Å². The predicted octanol–water partition coefficient (Wildman–Crippen LogP) is 3.90. The van der Waals surface area contributed by atoms with Gasteiger partial charge in [0.15, 0.2) is 0 Å². The van der Waals surface area contributed by atoms with E-state index in [1.807, 2.05) is 0 Å². The summed E-state index contributed by atoms with van der Waals surface area (Å²) < 4.78 is 0. The topological polar surface area (TPSA) is 0 Å². The maximum atomic E-state index is 4.29. The van der Waals surface area contributed by atoms with Crippen molar-refractivity contribution in [2.45, 2.75) is 39.5 Å². The van der Waals surface area contributed by atoms with Gasteiger partial charge in [-0.1, -0.05) is 43.6 Å². The van der Waals surface area contributed by atoms with Crippen LogP contribution in [-0.2, 0) is 0 Å². The molecule has 0 saturated carbocycles. The molecule has 67 valence electrons. The van der Waals surface area contributed by atoms with Gasteiger partial charge in [-0.2, -0.15) is 0 Å². The Morgan fingerprint density at radius 1 is 1.58 bits per heavy atom. The van der Waals surface area contributed by atoms with E-state index in [4.69, 9.17) is 0 Å². The third-order valence-corrected chi connectivity index (χ3v) is 2.49. The van der Waals surface area contributed by atoms with Crippen molar-refractivity contribution in [3.8, 4) is 0 Å². The van der Waals surface area contributed by atoms with Crippen molar-refractivity contribution < 1.29 is 0 Å². The molecule has 1 rings (SSSR count). The van der Waals surface area contributed by atoms with Gasteiger partial charge in [0.1, 0.15) is 0 Å². The van der Waals surface area contributed by atoms with E-state index in [1.165, 1.54) is 24.8 Å². The molecule has 0 bridgehead atoms. The number of hydrogen-bond acceptors (Lipinski definition) is 0. The van der Waals surface area contributed by atoms with Crippen molar-refractivity contribution in [3.05, 3.63) is 30.7 Å². The Hall–Kier alpha value is -0.520. The molecule has 0 amide bonds. The molecule has 0 heterocycles. The molecule has 0 aromatic rings. The minimum Gasteiger partial charge on any atom is -0.0780 e. The van der Waals surface area contributed by atoms with Crippen molar-refractivity contribution in [1.29, 1.82) is 0 Å². The molecule has 0 N–H and O–H groups in total. The largest absolute Gasteiger partial charge is 0.0780 e. The van der Waals surface area contributed by atoms with Crippen LogP contribution in [0.2, 0.25) is 0 Å². The molecule has 1 unspecified atom stereocenters. The van der Waals surface area contributed by atoms with Gasteiger partial charge in [0.05, 0.1) is 0 Å². The third-order valence-electron chi connectivity index (χ3n) is 2.49. The van der Waals surface area contributed by atoms with Crippen molar-refractivity contribution >= 4 is 0 Å². The zero-order valence-electron chi connectivity index (χ0n) is 8.27. The van der Waals surface area contributed by atoms with Gasteiger partial charge in [0.25, 0.3) is 0 Å². The molecule has 0 heteroatoms. The van der Waals surface area contributed by atoms with Gasteiger partial charge in [0, 0.05) is 0 Å². The summed E-state index contributed by atoms with van der Waals surface area (Å²) in [5, 5.41) is 0. The zero-order chi connectivity index (χ0) is 9.03. The van der Waals surface area contributed by atoms with E-state index >= 15 is 0 Å². The van der Waals surface area contributed by atoms with Crippen molar-refractivity contribution in [2.75, 3.05) is 0 Å². The molecule has 0 fully saturated rings. The molecule has 0 spiro atoms. The van der Waals surface area contributed by atoms with Crippen LogP contribution in [0.1, 0.15) is 39.5 Å². The summed E-state index contributed by atoms with van der Waals surface area (Å²) in [5.41, 5.74) is 1.66. The molecule has 0 saturated heterocycles. The highest BCUT2D eigenvalue weighted by Gasteiger charge is 2.22. The number of unbranched alkanes of at least 4 members (excludes halogenated alkanes) is 1. The zero-order valence-corrected chi connectivity index (χ0v) is 8.27. The second-order valence-corrected chi connectivity index (χ2v) is 4.01. The van der Waals surface area contributed by atoms with Crippen molar-refractivity contribution in [3.63, 3.8) is 0 Å². The molecule has 1 radical (unpaired) electrons. The van der Waals surface area contributed by atoms with E-state index in [1.54, 1.807) is 0 Å². The van der Waals surface area contributed by atoms with E-state index in [2.05, 4.69) is 39.0 Å². The summed E-state index contributed by atoms with van der Waals surface area (Å²) in [6.07, 6.45) is 11.5. The number of hydrogen-bond donors (Lipinski definition) is 0. The Balaban J connectivity index is 2.51. The molecular weight excluding hydrogens is 144 g/mol. The lowest BCUT2D eigenvalue weighted by atomic mass is 9.77. The van der Waals surface area contributed by atoms with Crippen LogP contribution in [0.3, 0.4) is 0 Å². The fourth-order valence-electron chi connectivity index (χ4n) is 1.79. The molecule has 12 heavy (non-hydrogen) atoms. The average Bonchev–Trinajstić information content (AvgIpc) is 2.01. The summed E-state index contributed by atoms with van der Waals surface area (Å²) in [7, 11) is 0. The van der Waals surface area contributed by atoms with Gasteiger partial charge in [0.2, 0.25) is 0 Å². The first-order valence-corrected chi connectivity index (χ1v) is 4.87. The van der Waals surface area contributed by atoms with E-state index in [0.29, 0.717) is 0 Å². The van der Waals surface area contributed by atoms with Crippen LogP contribution in [0, 0.1) is 12.3 Å². The van der Waals surface area contributed by atoms with E-state index in [9.17, 15) is 0 Å². The standard InChI is InChI=1S/C12H19/c1-4-5-8-12(3)9-6-7-11(2)10-12/h6-7,9H,3-5,8,10H2,1-2H3. The fraction of sp³-hybridized carbons (Fsp3) is 0.583. The molecule has 0 aromatic heterocycles. The first-order valence-electron chi connectivity index (χ1n) is 4.87. The molecule has 1 aliphatic carbocycles. The highest BCUT2D eigenvalue weighted by atomic mass is 14.3. The molecular formula is C12H19. The molecule has 0 nitrogen and oxygen atoms in total. The quantitative estimate of drug-likeness (QED) is 0.592. The Labute approximate surface area is 76.4 Å². The van der Waals surface area contributed by atoms with Gasteiger partial charge in [-0.05, 0) is 32.1 Å². The fourth-order valence-corrected chi connectivity index (χ4v) is 1.79. The Kier molecular flexibility index (Phi) is 3.13. The minimum absolute atomic E-state index is 0.203. The van der Waals surface area contributed by atoms with Crippen LogP contribution in [-0.4, -0.2) is 0 Å². The summed E-state index contributed by atoms with van der Waals surface area (Å²) >= 11 is 0. The molecule has 0 aromatic carbocycles. The van der Waals surface area contributed by atoms with E-state index in [-0.39, 0.29) is 5.41 Å². The van der Waals surface area contributed by atoms with Gasteiger partial charge in [-0.15, -0.1) is 0 Å². The smallest absolute Gasteiger partial charge is 0.00777 e. The average molecular weight is 163 g/mol. The SMILES string of the molecule is [CH2]C1(CCCC)C=CC=C(C)C1. The maximum Gasteiger partial charge on any atom is -0.00777 e. The Morgan fingerprint density at radius 3 is 2.92 bits per heavy atom. The van der Waals surface area contributed by atoms with Crippen molar-refractivity contribution in [1.82, 2.24) is 0 Å². The van der Waals surface area contributed by atoms with Crippen LogP contribution in [0.15, 0.2) is 23.8 Å². The van der Waals surface area contributed by atoms with Gasteiger partial charge in [-0.25, -0.2) is 0 Å². The highest BCUT2D eigenvalue weighted by molar-refractivity contribution is 5.23. The summed E-state index contributed by atoms with van der Waals surface area (Å²) in [6.45, 7) is 8.71. The first kappa shape index (κ1) is 9.57. The molecule has 1 aliphatic rings. The second kappa shape index (κ2) is 3.93. The van der Waals surface area contributed by atoms with Crippen LogP contribution in [0.4, 0.5) is 0 Å². The normalized spacial score (nSPS) is 28.8. The Bertz CT molecular complexity index is 198. The molecule has 1 atom stereocenters. The van der Waals surface area contributed by atoms with Gasteiger partial charge < -0.3 is 0 Å². The van der Waals surface area contributed by atoms with Crippen LogP contribution in [0.25, 0.3) is 0 Å². The number of allylic oxidation sites excluding steroid dienone is 4.